The van der Waals surface area contributed by atoms with Crippen molar-refractivity contribution in [2.75, 3.05) is 27.0 Å². The number of nitrogens with one attached hydrogen (secondary N) is 1. The number of aliphatic hydroxyl groups excluding tert-OH is 1. The Morgan fingerprint density at radius 2 is 1.75 bits per heavy atom. The van der Waals surface area contributed by atoms with Crippen molar-refractivity contribution >= 4 is 0 Å². The van der Waals surface area contributed by atoms with Crippen LogP contribution in [-0.2, 0) is 14.2 Å². The molecule has 5 nitrogen and oxygen atoms in total. The van der Waals surface area contributed by atoms with Crippen LogP contribution in [0.15, 0.2) is 0 Å². The van der Waals surface area contributed by atoms with Crippen LogP contribution < -0.4 is 4.90 Å². The van der Waals surface area contributed by atoms with Gasteiger partial charge in [0, 0.05) is 25.4 Å². The van der Waals surface area contributed by atoms with E-state index in [0.29, 0.717) is 30.8 Å². The summed E-state index contributed by atoms with van der Waals surface area (Å²) in [5, 5.41) is 10.7. The minimum absolute atomic E-state index is 0.0548. The smallest absolute Gasteiger partial charge is 0.147 e. The van der Waals surface area contributed by atoms with Crippen LogP contribution in [0.5, 0.6) is 0 Å². The lowest BCUT2D eigenvalue weighted by molar-refractivity contribution is -0.948. The molecule has 0 radical (unpaired) electrons. The van der Waals surface area contributed by atoms with Crippen molar-refractivity contribution in [1.82, 2.24) is 0 Å². The summed E-state index contributed by atoms with van der Waals surface area (Å²) < 4.78 is 17.2. The van der Waals surface area contributed by atoms with Gasteiger partial charge in [0.05, 0.1) is 43.5 Å². The summed E-state index contributed by atoms with van der Waals surface area (Å²) in [6.07, 6.45) is 7.79. The molecule has 2 saturated carbocycles. The molecule has 3 aliphatic heterocycles. The first-order chi connectivity index (χ1) is 11.7. The zero-order chi connectivity index (χ0) is 16.3. The standard InChI is InChI=1S/C19H31NO4/c1-22-16-3-2-11-6-15-13-8-18-17(23-10-24-18)7-12(13)4-5-20(15)9-14(11)19(16)21/h11-19,21H,2-10H2,1H3/p+1. The van der Waals surface area contributed by atoms with E-state index in [4.69, 9.17) is 14.2 Å². The summed E-state index contributed by atoms with van der Waals surface area (Å²) in [6.45, 7) is 2.92. The number of quaternary nitrogens is 1. The predicted molar refractivity (Wildman–Crippen MR) is 87.6 cm³/mol. The van der Waals surface area contributed by atoms with Crippen LogP contribution in [0.3, 0.4) is 0 Å². The van der Waals surface area contributed by atoms with E-state index in [1.807, 2.05) is 0 Å². The molecule has 10 atom stereocenters. The molecule has 5 rings (SSSR count). The number of rotatable bonds is 1. The van der Waals surface area contributed by atoms with E-state index in [1.54, 1.807) is 12.0 Å². The van der Waals surface area contributed by atoms with E-state index < -0.39 is 0 Å². The van der Waals surface area contributed by atoms with Crippen LogP contribution in [0.25, 0.3) is 0 Å². The molecule has 5 fully saturated rings. The maximum absolute atomic E-state index is 10.7. The normalized spacial score (nSPS) is 56.8. The molecule has 0 bridgehead atoms. The third kappa shape index (κ3) is 2.47. The highest BCUT2D eigenvalue weighted by molar-refractivity contribution is 4.98. The van der Waals surface area contributed by atoms with Gasteiger partial charge in [0.2, 0.25) is 0 Å². The number of ether oxygens (including phenoxy) is 3. The van der Waals surface area contributed by atoms with Crippen LogP contribution in [0.2, 0.25) is 0 Å². The van der Waals surface area contributed by atoms with Crippen LogP contribution in [0.1, 0.15) is 38.5 Å². The molecule has 5 aliphatic rings. The summed E-state index contributed by atoms with van der Waals surface area (Å²) in [7, 11) is 1.75. The summed E-state index contributed by atoms with van der Waals surface area (Å²) >= 11 is 0. The van der Waals surface area contributed by atoms with E-state index in [1.165, 1.54) is 38.6 Å². The fraction of sp³-hybridized carbons (Fsp3) is 1.00. The second-order valence-electron chi connectivity index (χ2n) is 8.93. The van der Waals surface area contributed by atoms with Crippen molar-refractivity contribution in [3.63, 3.8) is 0 Å². The molecule has 0 amide bonds. The van der Waals surface area contributed by atoms with E-state index in [-0.39, 0.29) is 12.2 Å². The van der Waals surface area contributed by atoms with Gasteiger partial charge in [0.15, 0.2) is 0 Å². The monoisotopic (exact) mass is 338 g/mol. The molecule has 2 aliphatic carbocycles. The lowest BCUT2D eigenvalue weighted by atomic mass is 9.62. The average Bonchev–Trinajstić information content (AvgIpc) is 3.06. The van der Waals surface area contributed by atoms with Gasteiger partial charge in [-0.2, -0.15) is 0 Å². The van der Waals surface area contributed by atoms with Crippen molar-refractivity contribution < 1.29 is 24.2 Å². The fourth-order valence-corrected chi connectivity index (χ4v) is 6.86. The Morgan fingerprint density at radius 1 is 0.958 bits per heavy atom. The Hall–Kier alpha value is -0.200. The summed E-state index contributed by atoms with van der Waals surface area (Å²) in [6, 6.07) is 0.779. The molecule has 0 spiro atoms. The quantitative estimate of drug-likeness (QED) is 0.718. The second-order valence-corrected chi connectivity index (χ2v) is 8.93. The maximum atomic E-state index is 10.7. The zero-order valence-electron chi connectivity index (χ0n) is 14.7. The van der Waals surface area contributed by atoms with Gasteiger partial charge in [0.1, 0.15) is 6.79 Å². The van der Waals surface area contributed by atoms with Crippen LogP contribution >= 0.6 is 0 Å². The third-order valence-electron chi connectivity index (χ3n) is 8.11. The molecule has 24 heavy (non-hydrogen) atoms. The summed E-state index contributed by atoms with van der Waals surface area (Å²) in [5.74, 6) is 2.76. The molecule has 10 unspecified atom stereocenters. The Bertz CT molecular complexity index is 474. The van der Waals surface area contributed by atoms with Crippen molar-refractivity contribution in [2.45, 2.75) is 69.0 Å². The van der Waals surface area contributed by atoms with Gasteiger partial charge in [0.25, 0.3) is 0 Å². The molecule has 5 heteroatoms. The molecule has 0 aromatic rings. The molecule has 0 aromatic carbocycles. The minimum Gasteiger partial charge on any atom is -0.390 e. The van der Waals surface area contributed by atoms with Crippen LogP contribution in [-0.4, -0.2) is 62.6 Å². The van der Waals surface area contributed by atoms with Crippen molar-refractivity contribution in [3.05, 3.63) is 0 Å². The molecule has 3 saturated heterocycles. The first-order valence-electron chi connectivity index (χ1n) is 10.0. The second kappa shape index (κ2) is 6.20. The summed E-state index contributed by atoms with van der Waals surface area (Å²) in [4.78, 5) is 1.76. The Kier molecular flexibility index (Phi) is 4.14. The largest absolute Gasteiger partial charge is 0.390 e. The predicted octanol–water partition coefficient (Wildman–Crippen LogP) is 0.217. The number of fused-ring (bicyclic) bond motifs is 5. The van der Waals surface area contributed by atoms with Gasteiger partial charge < -0.3 is 24.2 Å². The van der Waals surface area contributed by atoms with Crippen LogP contribution in [0.4, 0.5) is 0 Å². The van der Waals surface area contributed by atoms with Gasteiger partial charge in [-0.15, -0.1) is 0 Å². The molecule has 136 valence electrons. The molecular weight excluding hydrogens is 306 g/mol. The van der Waals surface area contributed by atoms with Crippen LogP contribution in [0, 0.1) is 23.7 Å². The number of hydrogen-bond acceptors (Lipinski definition) is 4. The highest BCUT2D eigenvalue weighted by Gasteiger charge is 2.54. The molecular formula is C19H32NO4+. The van der Waals surface area contributed by atoms with Gasteiger partial charge in [-0.3, -0.25) is 0 Å². The molecule has 0 aromatic heterocycles. The first-order valence-corrected chi connectivity index (χ1v) is 10.0. The van der Waals surface area contributed by atoms with E-state index in [2.05, 4.69) is 0 Å². The highest BCUT2D eigenvalue weighted by Crippen LogP contribution is 2.44. The topological polar surface area (TPSA) is 52.4 Å². The van der Waals surface area contributed by atoms with Gasteiger partial charge in [-0.05, 0) is 43.9 Å². The minimum atomic E-state index is -0.262. The average molecular weight is 338 g/mol. The number of piperidine rings is 2. The number of aliphatic hydroxyl groups is 1. The lowest BCUT2D eigenvalue weighted by Gasteiger charge is -2.54. The molecule has 3 heterocycles. The van der Waals surface area contributed by atoms with E-state index >= 15 is 0 Å². The Balaban J connectivity index is 1.33. The van der Waals surface area contributed by atoms with Gasteiger partial charge in [-0.25, -0.2) is 0 Å². The highest BCUT2D eigenvalue weighted by atomic mass is 16.7. The van der Waals surface area contributed by atoms with Crippen molar-refractivity contribution in [2.24, 2.45) is 23.7 Å². The zero-order valence-corrected chi connectivity index (χ0v) is 14.7. The molecule has 2 N–H and O–H groups in total. The van der Waals surface area contributed by atoms with Crippen molar-refractivity contribution in [1.29, 1.82) is 0 Å². The lowest BCUT2D eigenvalue weighted by Crippen LogP contribution is -3.20. The summed E-state index contributed by atoms with van der Waals surface area (Å²) in [5.41, 5.74) is 0. The van der Waals surface area contributed by atoms with Gasteiger partial charge in [-0.1, -0.05) is 0 Å². The number of hydrogen-bond donors (Lipinski definition) is 2. The number of methoxy groups -OCH3 is 1. The Labute approximate surface area is 144 Å². The van der Waals surface area contributed by atoms with E-state index in [9.17, 15) is 5.11 Å². The Morgan fingerprint density at radius 3 is 2.58 bits per heavy atom. The van der Waals surface area contributed by atoms with Gasteiger partial charge >= 0.3 is 0 Å². The van der Waals surface area contributed by atoms with E-state index in [0.717, 1.165) is 30.8 Å². The third-order valence-corrected chi connectivity index (χ3v) is 8.11. The SMILES string of the molecule is COC1CCC2CC3C4CC5OCOC5CC4CC[NH+]3CC2C1O. The maximum Gasteiger partial charge on any atom is 0.147 e. The first kappa shape index (κ1) is 16.0. The fourth-order valence-electron chi connectivity index (χ4n) is 6.86. The van der Waals surface area contributed by atoms with Crippen molar-refractivity contribution in [3.8, 4) is 0 Å².